The molecule has 6 heteroatoms. The third-order valence-electron chi connectivity index (χ3n) is 11.8. The standard InChI is InChI=1S/C55H37N3O2Si/c56-38-39-19-18-20-40(35-39)44-36-49(57-45-27-10-14-31-51(45)59-52-32-15-11-28-46(52)57)50(58-47-29-12-16-33-53(47)60-54-34-17-13-30-48(54)58)37-55(44)61(41-21-4-1-5-22-41,42-23-6-2-7-24-42)43-25-8-3-9-26-43/h1-37H. The van der Waals surface area contributed by atoms with Gasteiger partial charge < -0.3 is 19.3 Å². The fraction of sp³-hybridized carbons (Fsp3) is 0. The molecular formula is C55H37N3O2Si. The molecule has 0 spiro atoms. The Kier molecular flexibility index (Phi) is 8.81. The first-order chi connectivity index (χ1) is 30.2. The summed E-state index contributed by atoms with van der Waals surface area (Å²) in [4.78, 5) is 4.70. The van der Waals surface area contributed by atoms with Gasteiger partial charge in [-0.1, -0.05) is 152 Å². The van der Waals surface area contributed by atoms with Gasteiger partial charge in [0.2, 0.25) is 0 Å². The summed E-state index contributed by atoms with van der Waals surface area (Å²) in [6.45, 7) is 0. The van der Waals surface area contributed by atoms with Crippen molar-refractivity contribution in [2.45, 2.75) is 0 Å². The predicted molar refractivity (Wildman–Crippen MR) is 250 cm³/mol. The minimum atomic E-state index is -3.23. The van der Waals surface area contributed by atoms with Crippen molar-refractivity contribution in [3.05, 3.63) is 230 Å². The molecule has 0 saturated carbocycles. The highest BCUT2D eigenvalue weighted by molar-refractivity contribution is 7.20. The molecule has 0 radical (unpaired) electrons. The lowest BCUT2D eigenvalue weighted by Gasteiger charge is -2.41. The van der Waals surface area contributed by atoms with Crippen LogP contribution in [0.4, 0.5) is 34.1 Å². The van der Waals surface area contributed by atoms with E-state index in [1.54, 1.807) is 0 Å². The Morgan fingerprint density at radius 2 is 0.738 bits per heavy atom. The van der Waals surface area contributed by atoms with Crippen molar-refractivity contribution in [2.24, 2.45) is 0 Å². The molecule has 61 heavy (non-hydrogen) atoms. The minimum Gasteiger partial charge on any atom is -0.453 e. The predicted octanol–water partition coefficient (Wildman–Crippen LogP) is 11.8. The van der Waals surface area contributed by atoms with Crippen LogP contribution in [-0.2, 0) is 0 Å². The number of ether oxygens (including phenoxy) is 2. The molecule has 2 aliphatic heterocycles. The molecular weight excluding hydrogens is 763 g/mol. The second-order valence-electron chi connectivity index (χ2n) is 15.2. The summed E-state index contributed by atoms with van der Waals surface area (Å²) in [5.41, 5.74) is 8.17. The van der Waals surface area contributed by atoms with E-state index < -0.39 is 8.07 Å². The number of anilines is 6. The van der Waals surface area contributed by atoms with Crippen molar-refractivity contribution >= 4 is 62.9 Å². The molecule has 2 heterocycles. The number of fused-ring (bicyclic) bond motifs is 4. The molecule has 11 rings (SSSR count). The topological polar surface area (TPSA) is 48.7 Å². The third-order valence-corrected chi connectivity index (χ3v) is 16.6. The Morgan fingerprint density at radius 3 is 1.15 bits per heavy atom. The van der Waals surface area contributed by atoms with Crippen LogP contribution in [0.5, 0.6) is 23.0 Å². The van der Waals surface area contributed by atoms with Crippen LogP contribution < -0.4 is 40.0 Å². The molecule has 0 saturated heterocycles. The van der Waals surface area contributed by atoms with Crippen molar-refractivity contribution < 1.29 is 9.47 Å². The molecule has 0 fully saturated rings. The maximum absolute atomic E-state index is 10.4. The number of nitrogens with zero attached hydrogens (tertiary/aromatic N) is 3. The zero-order chi connectivity index (χ0) is 40.8. The normalized spacial score (nSPS) is 12.4. The molecule has 0 unspecified atom stereocenters. The van der Waals surface area contributed by atoms with Crippen LogP contribution in [0.25, 0.3) is 11.1 Å². The van der Waals surface area contributed by atoms with E-state index in [-0.39, 0.29) is 0 Å². The fourth-order valence-corrected chi connectivity index (χ4v) is 14.2. The molecule has 0 aromatic heterocycles. The Bertz CT molecular complexity index is 2940. The van der Waals surface area contributed by atoms with Gasteiger partial charge in [-0.3, -0.25) is 0 Å². The van der Waals surface area contributed by atoms with Crippen LogP contribution >= 0.6 is 0 Å². The summed E-state index contributed by atoms with van der Waals surface area (Å²) < 4.78 is 13.3. The lowest BCUT2D eigenvalue weighted by atomic mass is 9.99. The molecule has 9 aromatic rings. The number of hydrogen-bond donors (Lipinski definition) is 0. The number of benzene rings is 9. The van der Waals surface area contributed by atoms with Crippen LogP contribution in [0.3, 0.4) is 0 Å². The summed E-state index contributed by atoms with van der Waals surface area (Å²) in [5, 5.41) is 15.3. The van der Waals surface area contributed by atoms with Gasteiger partial charge in [0.05, 0.1) is 45.8 Å². The first-order valence-electron chi connectivity index (χ1n) is 20.4. The molecule has 0 N–H and O–H groups in total. The van der Waals surface area contributed by atoms with Crippen LogP contribution in [0.1, 0.15) is 5.56 Å². The highest BCUT2D eigenvalue weighted by atomic mass is 28.3. The Balaban J connectivity index is 1.36. The maximum atomic E-state index is 10.4. The van der Waals surface area contributed by atoms with Gasteiger partial charge in [0, 0.05) is 0 Å². The molecule has 9 aromatic carbocycles. The lowest BCUT2D eigenvalue weighted by Crippen LogP contribution is -2.75. The monoisotopic (exact) mass is 799 g/mol. The largest absolute Gasteiger partial charge is 0.453 e. The van der Waals surface area contributed by atoms with Crippen molar-refractivity contribution in [1.82, 2.24) is 0 Å². The van der Waals surface area contributed by atoms with E-state index >= 15 is 0 Å². The summed E-state index contributed by atoms with van der Waals surface area (Å²) in [5.74, 6) is 3.04. The molecule has 0 atom stereocenters. The van der Waals surface area contributed by atoms with E-state index in [9.17, 15) is 5.26 Å². The molecule has 5 nitrogen and oxygen atoms in total. The molecule has 288 valence electrons. The van der Waals surface area contributed by atoms with E-state index in [0.717, 1.165) is 68.2 Å². The number of para-hydroxylation sites is 8. The lowest BCUT2D eigenvalue weighted by molar-refractivity contribution is 0.476. The van der Waals surface area contributed by atoms with Crippen LogP contribution in [0, 0.1) is 11.3 Å². The van der Waals surface area contributed by atoms with Gasteiger partial charge in [0.25, 0.3) is 0 Å². The average Bonchev–Trinajstić information content (AvgIpc) is 3.33. The maximum Gasteiger partial charge on any atom is 0.180 e. The third kappa shape index (κ3) is 5.90. The van der Waals surface area contributed by atoms with E-state index in [1.807, 2.05) is 66.7 Å². The SMILES string of the molecule is N#Cc1cccc(-c2cc(N3c4ccccc4Oc4ccccc43)c(N3c4ccccc4Oc4ccccc43)cc2[Si](c2ccccc2)(c2ccccc2)c2ccccc2)c1. The van der Waals surface area contributed by atoms with E-state index in [2.05, 4.69) is 174 Å². The van der Waals surface area contributed by atoms with Crippen molar-refractivity contribution in [3.8, 4) is 40.2 Å². The zero-order valence-corrected chi connectivity index (χ0v) is 34.0. The first-order valence-corrected chi connectivity index (χ1v) is 22.4. The Morgan fingerprint density at radius 1 is 0.361 bits per heavy atom. The molecule has 0 amide bonds. The zero-order valence-electron chi connectivity index (χ0n) is 33.0. The van der Waals surface area contributed by atoms with Gasteiger partial charge in [-0.15, -0.1) is 0 Å². The molecule has 0 bridgehead atoms. The van der Waals surface area contributed by atoms with Crippen molar-refractivity contribution in [2.75, 3.05) is 9.80 Å². The summed E-state index contributed by atoms with van der Waals surface area (Å²) in [6, 6.07) is 81.3. The van der Waals surface area contributed by atoms with Crippen LogP contribution in [-0.4, -0.2) is 8.07 Å². The van der Waals surface area contributed by atoms with E-state index in [4.69, 9.17) is 9.47 Å². The van der Waals surface area contributed by atoms with Gasteiger partial charge >= 0.3 is 0 Å². The Labute approximate surface area is 356 Å². The molecule has 2 aliphatic rings. The van der Waals surface area contributed by atoms with Gasteiger partial charge in [-0.25, -0.2) is 0 Å². The quantitative estimate of drug-likeness (QED) is 0.119. The van der Waals surface area contributed by atoms with E-state index in [0.29, 0.717) is 5.56 Å². The van der Waals surface area contributed by atoms with E-state index in [1.165, 1.54) is 20.7 Å². The van der Waals surface area contributed by atoms with Crippen LogP contribution in [0.15, 0.2) is 224 Å². The highest BCUT2D eigenvalue weighted by Crippen LogP contribution is 2.57. The van der Waals surface area contributed by atoms with Gasteiger partial charge in [-0.05, 0) is 105 Å². The number of nitriles is 1. The smallest absolute Gasteiger partial charge is 0.180 e. The first kappa shape index (κ1) is 36.0. The number of rotatable bonds is 7. The van der Waals surface area contributed by atoms with Gasteiger partial charge in [0.1, 0.15) is 0 Å². The summed E-state index contributed by atoms with van der Waals surface area (Å²) in [6.07, 6.45) is 0. The Hall–Kier alpha value is -8.11. The van der Waals surface area contributed by atoms with Crippen molar-refractivity contribution in [3.63, 3.8) is 0 Å². The van der Waals surface area contributed by atoms with Gasteiger partial charge in [-0.2, -0.15) is 5.26 Å². The van der Waals surface area contributed by atoms with Gasteiger partial charge in [0.15, 0.2) is 31.1 Å². The second kappa shape index (κ2) is 14.9. The van der Waals surface area contributed by atoms with Crippen molar-refractivity contribution in [1.29, 1.82) is 5.26 Å². The summed E-state index contributed by atoms with van der Waals surface area (Å²) >= 11 is 0. The fourth-order valence-electron chi connectivity index (χ4n) is 9.20. The average molecular weight is 800 g/mol. The summed E-state index contributed by atoms with van der Waals surface area (Å²) in [7, 11) is -3.23. The van der Waals surface area contributed by atoms with Crippen LogP contribution in [0.2, 0.25) is 0 Å². The number of hydrogen-bond acceptors (Lipinski definition) is 5. The highest BCUT2D eigenvalue weighted by Gasteiger charge is 2.45. The molecule has 0 aliphatic carbocycles. The second-order valence-corrected chi connectivity index (χ2v) is 18.9. The minimum absolute atomic E-state index is 0.596.